The minimum absolute atomic E-state index is 0.0803. The first-order chi connectivity index (χ1) is 14.5. The number of nitrogen functional groups attached to an aromatic ring is 1. The molecule has 4 rings (SSSR count). The third-order valence-corrected chi connectivity index (χ3v) is 5.83. The van der Waals surface area contributed by atoms with Gasteiger partial charge in [-0.05, 0) is 38.0 Å². The second-order valence-electron chi connectivity index (χ2n) is 8.26. The van der Waals surface area contributed by atoms with Crippen molar-refractivity contribution < 1.29 is 9.47 Å². The zero-order valence-electron chi connectivity index (χ0n) is 17.7. The first-order valence-electron chi connectivity index (χ1n) is 10.4. The van der Waals surface area contributed by atoms with Gasteiger partial charge >= 0.3 is 0 Å². The highest BCUT2D eigenvalue weighted by atomic mass is 16.5. The maximum absolute atomic E-state index is 8.71. The Morgan fingerprint density at radius 2 is 1.93 bits per heavy atom. The predicted molar refractivity (Wildman–Crippen MR) is 118 cm³/mol. The third-order valence-electron chi connectivity index (χ3n) is 5.83. The van der Waals surface area contributed by atoms with Crippen molar-refractivity contribution in [3.63, 3.8) is 0 Å². The monoisotopic (exact) mass is 410 g/mol. The Morgan fingerprint density at radius 1 is 1.17 bits per heavy atom. The molecular weight excluding hydrogens is 380 g/mol. The van der Waals surface area contributed by atoms with Crippen LogP contribution in [0.2, 0.25) is 0 Å². The van der Waals surface area contributed by atoms with Gasteiger partial charge in [-0.1, -0.05) is 0 Å². The largest absolute Gasteiger partial charge is 0.488 e. The Labute approximate surface area is 177 Å². The van der Waals surface area contributed by atoms with E-state index in [0.717, 1.165) is 63.7 Å². The van der Waals surface area contributed by atoms with Crippen LogP contribution in [-0.4, -0.2) is 72.6 Å². The molecule has 2 aliphatic rings. The molecule has 1 aromatic heterocycles. The van der Waals surface area contributed by atoms with Crippen molar-refractivity contribution in [2.24, 2.45) is 0 Å². The highest BCUT2D eigenvalue weighted by Crippen LogP contribution is 2.40. The average Bonchev–Trinajstić information content (AvgIpc) is 3.50. The van der Waals surface area contributed by atoms with Crippen LogP contribution in [0, 0.1) is 5.41 Å². The predicted octanol–water partition coefficient (Wildman–Crippen LogP) is 2.17. The Balaban J connectivity index is 1.47. The molecule has 8 heteroatoms. The molecule has 1 aromatic carbocycles. The number of benzene rings is 1. The summed E-state index contributed by atoms with van der Waals surface area (Å²) in [7, 11) is 1.73. The number of ether oxygens (including phenoxy) is 2. The van der Waals surface area contributed by atoms with Crippen LogP contribution in [0.4, 0.5) is 11.5 Å². The number of methoxy groups -OCH3 is 1. The number of aromatic nitrogens is 2. The summed E-state index contributed by atoms with van der Waals surface area (Å²) >= 11 is 0. The van der Waals surface area contributed by atoms with Gasteiger partial charge in [0.15, 0.2) is 0 Å². The molecule has 30 heavy (non-hydrogen) atoms. The normalized spacial score (nSPS) is 18.3. The molecule has 2 aromatic rings. The summed E-state index contributed by atoms with van der Waals surface area (Å²) < 4.78 is 11.2. The van der Waals surface area contributed by atoms with Crippen molar-refractivity contribution >= 4 is 17.2 Å². The Morgan fingerprint density at radius 3 is 2.63 bits per heavy atom. The van der Waals surface area contributed by atoms with Crippen LogP contribution in [-0.2, 0) is 4.74 Å². The summed E-state index contributed by atoms with van der Waals surface area (Å²) in [6, 6.07) is 7.39. The van der Waals surface area contributed by atoms with Crippen molar-refractivity contribution in [1.29, 1.82) is 5.41 Å². The molecule has 1 aliphatic carbocycles. The van der Waals surface area contributed by atoms with Gasteiger partial charge in [0.25, 0.3) is 0 Å². The van der Waals surface area contributed by atoms with Crippen LogP contribution in [0.3, 0.4) is 0 Å². The number of nitrogens with two attached hydrogens (primary N) is 1. The summed E-state index contributed by atoms with van der Waals surface area (Å²) in [6.45, 7) is 7.49. The summed E-state index contributed by atoms with van der Waals surface area (Å²) in [5.41, 5.74) is 8.11. The minimum atomic E-state index is -0.0803. The molecule has 3 N–H and O–H groups in total. The SMILES string of the molecule is COCCN1CCN(c2cc(C(=N)c3cc(OC4(C)CC4)ccc3N)ncn2)CC1. The van der Waals surface area contributed by atoms with E-state index in [0.29, 0.717) is 16.9 Å². The molecule has 160 valence electrons. The fourth-order valence-electron chi connectivity index (χ4n) is 3.59. The standard InChI is InChI=1S/C22H30N6O2/c1-22(5-6-22)30-16-3-4-18(23)17(13-16)21(24)19-14-20(26-15-25-19)28-9-7-27(8-10-28)11-12-29-2/h3-4,13-15,24H,5-12,23H2,1-2H3. The number of hydrogen-bond donors (Lipinski definition) is 2. The van der Waals surface area contributed by atoms with E-state index < -0.39 is 0 Å². The summed E-state index contributed by atoms with van der Waals surface area (Å²) in [5.74, 6) is 1.58. The number of nitrogens with one attached hydrogen (secondary N) is 1. The molecular formula is C22H30N6O2. The molecule has 0 spiro atoms. The van der Waals surface area contributed by atoms with E-state index in [1.807, 2.05) is 18.2 Å². The number of nitrogens with zero attached hydrogens (tertiary/aromatic N) is 4. The van der Waals surface area contributed by atoms with Crippen molar-refractivity contribution in [1.82, 2.24) is 14.9 Å². The van der Waals surface area contributed by atoms with Gasteiger partial charge in [0.2, 0.25) is 0 Å². The smallest absolute Gasteiger partial charge is 0.132 e. The lowest BCUT2D eigenvalue weighted by Gasteiger charge is -2.35. The van der Waals surface area contributed by atoms with Gasteiger partial charge in [0, 0.05) is 57.2 Å². The molecule has 0 unspecified atom stereocenters. The molecule has 8 nitrogen and oxygen atoms in total. The van der Waals surface area contributed by atoms with Crippen molar-refractivity contribution in [2.75, 3.05) is 57.1 Å². The summed E-state index contributed by atoms with van der Waals surface area (Å²) in [4.78, 5) is 13.4. The Hall–Kier alpha value is -2.71. The van der Waals surface area contributed by atoms with Gasteiger partial charge < -0.3 is 20.1 Å². The molecule has 1 saturated carbocycles. The fraction of sp³-hybridized carbons (Fsp3) is 0.500. The number of rotatable bonds is 8. The second-order valence-corrected chi connectivity index (χ2v) is 8.26. The van der Waals surface area contributed by atoms with E-state index in [-0.39, 0.29) is 11.3 Å². The maximum Gasteiger partial charge on any atom is 0.132 e. The molecule has 2 fully saturated rings. The molecule has 0 amide bonds. The lowest BCUT2D eigenvalue weighted by atomic mass is 10.0. The van der Waals surface area contributed by atoms with E-state index in [9.17, 15) is 0 Å². The lowest BCUT2D eigenvalue weighted by molar-refractivity contribution is 0.144. The number of anilines is 2. The third kappa shape index (κ3) is 4.71. The van der Waals surface area contributed by atoms with Gasteiger partial charge in [-0.3, -0.25) is 10.3 Å². The van der Waals surface area contributed by atoms with Gasteiger partial charge in [-0.2, -0.15) is 0 Å². The first kappa shape index (κ1) is 20.6. The lowest BCUT2D eigenvalue weighted by Crippen LogP contribution is -2.47. The average molecular weight is 411 g/mol. The summed E-state index contributed by atoms with van der Waals surface area (Å²) in [5, 5.41) is 8.71. The van der Waals surface area contributed by atoms with E-state index in [1.54, 1.807) is 13.2 Å². The molecule has 1 saturated heterocycles. The summed E-state index contributed by atoms with van der Waals surface area (Å²) in [6.07, 6.45) is 3.63. The van der Waals surface area contributed by atoms with Crippen molar-refractivity contribution in [2.45, 2.75) is 25.4 Å². The van der Waals surface area contributed by atoms with Crippen molar-refractivity contribution in [3.05, 3.63) is 41.9 Å². The van der Waals surface area contributed by atoms with Crippen LogP contribution in [0.15, 0.2) is 30.6 Å². The number of piperazine rings is 1. The van der Waals surface area contributed by atoms with Crippen LogP contribution in [0.1, 0.15) is 31.0 Å². The number of hydrogen-bond acceptors (Lipinski definition) is 8. The van der Waals surface area contributed by atoms with Crippen LogP contribution in [0.25, 0.3) is 0 Å². The highest BCUT2D eigenvalue weighted by molar-refractivity contribution is 6.13. The molecule has 1 aliphatic heterocycles. The Bertz CT molecular complexity index is 906. The zero-order chi connectivity index (χ0) is 21.1. The minimum Gasteiger partial charge on any atom is -0.488 e. The quantitative estimate of drug-likeness (QED) is 0.508. The molecule has 0 bridgehead atoms. The van der Waals surface area contributed by atoms with Gasteiger partial charge in [-0.25, -0.2) is 9.97 Å². The van der Waals surface area contributed by atoms with Crippen LogP contribution >= 0.6 is 0 Å². The topological polar surface area (TPSA) is 101 Å². The van der Waals surface area contributed by atoms with E-state index in [1.165, 1.54) is 6.33 Å². The highest BCUT2D eigenvalue weighted by Gasteiger charge is 2.40. The first-order valence-corrected chi connectivity index (χ1v) is 10.4. The maximum atomic E-state index is 8.71. The van der Waals surface area contributed by atoms with E-state index >= 15 is 0 Å². The van der Waals surface area contributed by atoms with Gasteiger partial charge in [0.05, 0.1) is 18.0 Å². The molecule has 2 heterocycles. The van der Waals surface area contributed by atoms with Crippen molar-refractivity contribution in [3.8, 4) is 5.75 Å². The van der Waals surface area contributed by atoms with Crippen LogP contribution < -0.4 is 15.4 Å². The zero-order valence-corrected chi connectivity index (χ0v) is 17.7. The van der Waals surface area contributed by atoms with Crippen LogP contribution in [0.5, 0.6) is 5.75 Å². The van der Waals surface area contributed by atoms with Gasteiger partial charge in [-0.15, -0.1) is 0 Å². The fourth-order valence-corrected chi connectivity index (χ4v) is 3.59. The second kappa shape index (κ2) is 8.57. The molecule has 0 radical (unpaired) electrons. The Kier molecular flexibility index (Phi) is 5.87. The van der Waals surface area contributed by atoms with E-state index in [2.05, 4.69) is 26.7 Å². The van der Waals surface area contributed by atoms with Gasteiger partial charge in [0.1, 0.15) is 23.5 Å². The van der Waals surface area contributed by atoms with E-state index in [4.69, 9.17) is 20.6 Å². The molecule has 0 atom stereocenters.